The lowest BCUT2D eigenvalue weighted by atomic mass is 9.62. The third-order valence-corrected chi connectivity index (χ3v) is 10.8. The molecule has 0 radical (unpaired) electrons. The number of nitrogens with zero attached hydrogens (tertiary/aromatic N) is 1. The Balaban J connectivity index is 1.56. The van der Waals surface area contributed by atoms with Crippen LogP contribution in [-0.4, -0.2) is 4.57 Å². The maximum atomic E-state index is 2.71. The number of aryl methyl sites for hydroxylation is 2. The van der Waals surface area contributed by atoms with Gasteiger partial charge in [0.1, 0.15) is 0 Å². The van der Waals surface area contributed by atoms with E-state index in [-0.39, 0.29) is 10.8 Å². The third kappa shape index (κ3) is 3.30. The highest BCUT2D eigenvalue weighted by Gasteiger charge is 2.48. The van der Waals surface area contributed by atoms with Crippen LogP contribution in [0.15, 0.2) is 77.9 Å². The van der Waals surface area contributed by atoms with Gasteiger partial charge in [0.05, 0.1) is 11.0 Å². The van der Waals surface area contributed by atoms with E-state index in [1.807, 2.05) is 0 Å². The third-order valence-electron chi connectivity index (χ3n) is 10.8. The average molecular weight is 536 g/mol. The first-order chi connectivity index (χ1) is 19.4. The maximum Gasteiger partial charge on any atom is 0.0579 e. The molecule has 0 N–H and O–H groups in total. The monoisotopic (exact) mass is 535 g/mol. The van der Waals surface area contributed by atoms with Crippen LogP contribution in [0.3, 0.4) is 0 Å². The Bertz CT molecular complexity index is 1960. The van der Waals surface area contributed by atoms with Crippen molar-refractivity contribution in [2.24, 2.45) is 11.8 Å². The van der Waals surface area contributed by atoms with Gasteiger partial charge >= 0.3 is 0 Å². The van der Waals surface area contributed by atoms with Crippen molar-refractivity contribution in [1.29, 1.82) is 0 Å². The molecule has 3 heterocycles. The molecule has 0 saturated heterocycles. The number of allylic oxidation sites excluding steroid dienone is 8. The summed E-state index contributed by atoms with van der Waals surface area (Å²) >= 11 is 0. The minimum atomic E-state index is -0.0698. The van der Waals surface area contributed by atoms with Crippen LogP contribution in [0.25, 0.3) is 44.2 Å². The second kappa shape index (κ2) is 8.03. The molecule has 2 atom stereocenters. The quantitative estimate of drug-likeness (QED) is 0.240. The zero-order valence-electron chi connectivity index (χ0n) is 25.9. The van der Waals surface area contributed by atoms with Gasteiger partial charge in [-0.1, -0.05) is 93.8 Å². The number of aromatic nitrogens is 1. The van der Waals surface area contributed by atoms with E-state index in [0.717, 1.165) is 12.8 Å². The van der Waals surface area contributed by atoms with Gasteiger partial charge in [-0.3, -0.25) is 0 Å². The van der Waals surface area contributed by atoms with Crippen LogP contribution in [-0.2, 0) is 10.8 Å². The van der Waals surface area contributed by atoms with Gasteiger partial charge in [0.15, 0.2) is 0 Å². The summed E-state index contributed by atoms with van der Waals surface area (Å²) in [7, 11) is 0. The van der Waals surface area contributed by atoms with Crippen LogP contribution in [0.1, 0.15) is 82.2 Å². The zero-order valence-corrected chi connectivity index (χ0v) is 25.9. The fraction of sp³-hybridized carbons (Fsp3) is 0.350. The van der Waals surface area contributed by atoms with E-state index in [9.17, 15) is 0 Å². The van der Waals surface area contributed by atoms with Gasteiger partial charge in [0.2, 0.25) is 0 Å². The molecule has 2 unspecified atom stereocenters. The highest BCUT2D eigenvalue weighted by molar-refractivity contribution is 6.16. The van der Waals surface area contributed by atoms with Gasteiger partial charge in [-0.2, -0.15) is 0 Å². The van der Waals surface area contributed by atoms with Crippen molar-refractivity contribution >= 4 is 33.1 Å². The predicted octanol–water partition coefficient (Wildman–Crippen LogP) is 10.8. The summed E-state index contributed by atoms with van der Waals surface area (Å²) in [5.41, 5.74) is 18.4. The molecule has 0 spiro atoms. The minimum Gasteiger partial charge on any atom is -0.312 e. The van der Waals surface area contributed by atoms with Crippen molar-refractivity contribution in [1.82, 2.24) is 4.57 Å². The fourth-order valence-corrected chi connectivity index (χ4v) is 8.86. The van der Waals surface area contributed by atoms with Crippen LogP contribution < -0.4 is 0 Å². The Kier molecular flexibility index (Phi) is 4.93. The molecule has 0 bridgehead atoms. The fourth-order valence-electron chi connectivity index (χ4n) is 8.86. The standard InChI is InChI=1S/C40H41N/c1-22-12-23(2)15-26(14-22)28-18-30-31-19-29(27-16-24(3)13-25(4)17-27)21-35-37(31)41-36(30)34(20-28)39(5,6)32-10-9-11-33(38(32)41)40(35,7)8/h9-10,12,14-21,24,33H,11,13H2,1-8H3. The molecule has 3 aromatic carbocycles. The molecule has 1 aromatic heterocycles. The maximum absolute atomic E-state index is 2.71. The number of benzene rings is 3. The molecule has 4 aromatic rings. The summed E-state index contributed by atoms with van der Waals surface area (Å²) in [4.78, 5) is 0. The van der Waals surface area contributed by atoms with Gasteiger partial charge in [0, 0.05) is 33.2 Å². The first-order valence-corrected chi connectivity index (χ1v) is 15.5. The Hall–Kier alpha value is -3.58. The normalized spacial score (nSPS) is 23.4. The van der Waals surface area contributed by atoms with E-state index in [0.29, 0.717) is 11.8 Å². The van der Waals surface area contributed by atoms with Crippen molar-refractivity contribution in [3.63, 3.8) is 0 Å². The molecule has 2 aliphatic heterocycles. The SMILES string of the molecule is CC1=CC(c2cc3c4c(c2)c2cc(-c5cc(C)cc(C)c5)cc5c2n4C2=C(C=CCC2C3(C)C)C5(C)C)=CC(C)C1. The molecule has 0 fully saturated rings. The highest BCUT2D eigenvalue weighted by Crippen LogP contribution is 2.59. The summed E-state index contributed by atoms with van der Waals surface area (Å²) in [6.07, 6.45) is 12.1. The van der Waals surface area contributed by atoms with E-state index < -0.39 is 0 Å². The average Bonchev–Trinajstić information content (AvgIpc) is 3.23. The summed E-state index contributed by atoms with van der Waals surface area (Å²) in [6.45, 7) is 19.0. The molecule has 2 aliphatic carbocycles. The van der Waals surface area contributed by atoms with Crippen LogP contribution >= 0.6 is 0 Å². The summed E-state index contributed by atoms with van der Waals surface area (Å²) < 4.78 is 2.71. The van der Waals surface area contributed by atoms with Gasteiger partial charge in [-0.25, -0.2) is 0 Å². The van der Waals surface area contributed by atoms with Gasteiger partial charge in [-0.15, -0.1) is 0 Å². The van der Waals surface area contributed by atoms with Crippen molar-refractivity contribution in [3.8, 4) is 11.1 Å². The summed E-state index contributed by atoms with van der Waals surface area (Å²) in [5, 5.41) is 2.82. The van der Waals surface area contributed by atoms with E-state index in [4.69, 9.17) is 0 Å². The molecule has 0 saturated carbocycles. The van der Waals surface area contributed by atoms with Crippen molar-refractivity contribution in [2.45, 2.75) is 79.1 Å². The topological polar surface area (TPSA) is 4.93 Å². The molecule has 4 aliphatic rings. The predicted molar refractivity (Wildman–Crippen MR) is 176 cm³/mol. The number of hydrogen-bond acceptors (Lipinski definition) is 0. The Morgan fingerprint density at radius 3 is 2.10 bits per heavy atom. The first-order valence-electron chi connectivity index (χ1n) is 15.5. The largest absolute Gasteiger partial charge is 0.312 e. The van der Waals surface area contributed by atoms with Crippen molar-refractivity contribution in [2.75, 3.05) is 0 Å². The van der Waals surface area contributed by atoms with E-state index >= 15 is 0 Å². The number of rotatable bonds is 2. The lowest BCUT2D eigenvalue weighted by molar-refractivity contribution is 0.371. The molecule has 8 rings (SSSR count). The summed E-state index contributed by atoms with van der Waals surface area (Å²) in [5.74, 6) is 1.04. The minimum absolute atomic E-state index is 0.0354. The second-order valence-corrected chi connectivity index (χ2v) is 14.7. The van der Waals surface area contributed by atoms with Crippen LogP contribution in [0.4, 0.5) is 0 Å². The van der Waals surface area contributed by atoms with Crippen molar-refractivity contribution in [3.05, 3.63) is 106 Å². The Labute approximate surface area is 245 Å². The van der Waals surface area contributed by atoms with Crippen LogP contribution in [0.2, 0.25) is 0 Å². The lowest BCUT2D eigenvalue weighted by Gasteiger charge is -2.48. The smallest absolute Gasteiger partial charge is 0.0579 e. The molecule has 1 heteroatoms. The molecular formula is C40H41N. The van der Waals surface area contributed by atoms with Gasteiger partial charge in [-0.05, 0) is 103 Å². The van der Waals surface area contributed by atoms with Gasteiger partial charge in [0.25, 0.3) is 0 Å². The number of hydrogen-bond donors (Lipinski definition) is 0. The molecule has 206 valence electrons. The lowest BCUT2D eigenvalue weighted by Crippen LogP contribution is -2.40. The number of fused-ring (bicyclic) bond motifs is 1. The van der Waals surface area contributed by atoms with Gasteiger partial charge < -0.3 is 4.57 Å². The first kappa shape index (κ1) is 25.2. The Morgan fingerprint density at radius 1 is 0.756 bits per heavy atom. The molecule has 0 amide bonds. The van der Waals surface area contributed by atoms with Crippen LogP contribution in [0, 0.1) is 25.7 Å². The zero-order chi connectivity index (χ0) is 28.6. The van der Waals surface area contributed by atoms with E-state index in [2.05, 4.69) is 127 Å². The highest BCUT2D eigenvalue weighted by atomic mass is 15.0. The summed E-state index contributed by atoms with van der Waals surface area (Å²) in [6, 6.07) is 17.1. The van der Waals surface area contributed by atoms with Crippen molar-refractivity contribution < 1.29 is 0 Å². The molecular weight excluding hydrogens is 494 g/mol. The Morgan fingerprint density at radius 2 is 1.39 bits per heavy atom. The van der Waals surface area contributed by atoms with E-state index in [1.165, 1.54) is 77.5 Å². The molecule has 1 nitrogen and oxygen atoms in total. The second-order valence-electron chi connectivity index (χ2n) is 14.7. The molecule has 41 heavy (non-hydrogen) atoms. The van der Waals surface area contributed by atoms with E-state index in [1.54, 1.807) is 5.70 Å². The van der Waals surface area contributed by atoms with Crippen LogP contribution in [0.5, 0.6) is 0 Å².